The van der Waals surface area contributed by atoms with E-state index in [9.17, 15) is 9.90 Å². The van der Waals surface area contributed by atoms with Gasteiger partial charge in [-0.15, -0.1) is 5.10 Å². The molecule has 3 aromatic rings. The number of rotatable bonds is 7. The molecule has 1 unspecified atom stereocenters. The number of nitrogens with one attached hydrogen (secondary N) is 1. The Bertz CT molecular complexity index is 1260. The van der Waals surface area contributed by atoms with Crippen LogP contribution in [0.15, 0.2) is 57.3 Å². The first-order valence-corrected chi connectivity index (χ1v) is 12.4. The molecule has 4 rings (SSSR count). The number of allylic oxidation sites excluding steroid dienone is 2. The summed E-state index contributed by atoms with van der Waals surface area (Å²) in [6.45, 7) is 5.61. The number of phenolic OH excluding ortho intramolecular Hbond substituents is 1. The Morgan fingerprint density at radius 1 is 1.36 bits per heavy atom. The Morgan fingerprint density at radius 2 is 2.12 bits per heavy atom. The fourth-order valence-corrected chi connectivity index (χ4v) is 5.31. The van der Waals surface area contributed by atoms with Crippen LogP contribution < -0.4 is 10.1 Å². The highest BCUT2D eigenvalue weighted by atomic mass is 79.9. The molecule has 2 N–H and O–H groups in total. The zero-order chi connectivity index (χ0) is 23.7. The second-order valence-electron chi connectivity index (χ2n) is 7.45. The van der Waals surface area contributed by atoms with Crippen molar-refractivity contribution in [2.24, 2.45) is 0 Å². The van der Waals surface area contributed by atoms with Gasteiger partial charge in [-0.2, -0.15) is 4.98 Å². The minimum atomic E-state index is -0.531. The summed E-state index contributed by atoms with van der Waals surface area (Å²) >= 11 is 11.1. The number of hydrogen-bond acceptors (Lipinski definition) is 7. The van der Waals surface area contributed by atoms with E-state index in [1.165, 1.54) is 18.7 Å². The number of carbonyl (C=O) groups is 1. The number of anilines is 1. The number of fused-ring (bicyclic) bond motifs is 1. The molecular formula is C23H22BrClN4O3S. The summed E-state index contributed by atoms with van der Waals surface area (Å²) in [5, 5.41) is 19.5. The lowest BCUT2D eigenvalue weighted by molar-refractivity contribution is -0.114. The van der Waals surface area contributed by atoms with Gasteiger partial charge in [-0.05, 0) is 66.0 Å². The van der Waals surface area contributed by atoms with E-state index in [1.54, 1.807) is 16.8 Å². The maximum absolute atomic E-state index is 12.6. The lowest BCUT2D eigenvalue weighted by atomic mass is 9.93. The van der Waals surface area contributed by atoms with Gasteiger partial charge < -0.3 is 15.2 Å². The summed E-state index contributed by atoms with van der Waals surface area (Å²) < 4.78 is 7.78. The number of ether oxygens (including phenoxy) is 1. The highest BCUT2D eigenvalue weighted by Gasteiger charge is 2.33. The van der Waals surface area contributed by atoms with Crippen LogP contribution in [-0.2, 0) is 10.5 Å². The van der Waals surface area contributed by atoms with Crippen molar-refractivity contribution in [2.45, 2.75) is 37.7 Å². The van der Waals surface area contributed by atoms with Gasteiger partial charge in [0.2, 0.25) is 11.1 Å². The summed E-state index contributed by atoms with van der Waals surface area (Å²) in [6, 6.07) is 10.6. The number of ketones is 1. The number of thioether (sulfide) groups is 1. The number of halogens is 2. The highest BCUT2D eigenvalue weighted by Crippen LogP contribution is 2.42. The predicted octanol–water partition coefficient (Wildman–Crippen LogP) is 5.97. The molecule has 0 saturated carbocycles. The van der Waals surface area contributed by atoms with Gasteiger partial charge in [-0.25, -0.2) is 4.68 Å². The molecule has 0 radical (unpaired) electrons. The normalized spacial score (nSPS) is 15.2. The van der Waals surface area contributed by atoms with Crippen LogP contribution in [0.1, 0.15) is 37.9 Å². The van der Waals surface area contributed by atoms with Gasteiger partial charge in [0, 0.05) is 22.0 Å². The first kappa shape index (κ1) is 23.7. The van der Waals surface area contributed by atoms with Crippen molar-refractivity contribution in [3.05, 3.63) is 68.3 Å². The van der Waals surface area contributed by atoms with E-state index in [2.05, 4.69) is 26.2 Å². The van der Waals surface area contributed by atoms with Crippen LogP contribution in [0.4, 0.5) is 5.95 Å². The summed E-state index contributed by atoms with van der Waals surface area (Å²) in [4.78, 5) is 17.3. The molecule has 1 aliphatic heterocycles. The van der Waals surface area contributed by atoms with Gasteiger partial charge in [-0.3, -0.25) is 4.79 Å². The average Bonchev–Trinajstić information content (AvgIpc) is 3.17. The number of benzene rings is 2. The van der Waals surface area contributed by atoms with Crippen LogP contribution in [-0.4, -0.2) is 32.3 Å². The molecule has 1 atom stereocenters. The molecule has 0 saturated heterocycles. The third-order valence-electron chi connectivity index (χ3n) is 5.19. The van der Waals surface area contributed by atoms with Crippen LogP contribution in [0.5, 0.6) is 11.5 Å². The average molecular weight is 550 g/mol. The topological polar surface area (TPSA) is 89.3 Å². The number of Topliss-reactive ketones (excluding diaryl/α,β-unsaturated/α-hetero) is 1. The van der Waals surface area contributed by atoms with E-state index in [0.29, 0.717) is 50.0 Å². The lowest BCUT2D eigenvalue weighted by Crippen LogP contribution is -2.27. The van der Waals surface area contributed by atoms with Crippen LogP contribution >= 0.6 is 39.3 Å². The van der Waals surface area contributed by atoms with Gasteiger partial charge in [0.05, 0.1) is 11.1 Å². The number of hydrogen-bond donors (Lipinski definition) is 2. The zero-order valence-electron chi connectivity index (χ0n) is 18.2. The molecule has 1 aromatic heterocycles. The van der Waals surface area contributed by atoms with Crippen molar-refractivity contribution in [1.29, 1.82) is 0 Å². The Kier molecular flexibility index (Phi) is 7.02. The number of aromatic hydroxyl groups is 1. The van der Waals surface area contributed by atoms with Gasteiger partial charge >= 0.3 is 0 Å². The molecule has 0 spiro atoms. The molecule has 0 amide bonds. The molecule has 2 aromatic carbocycles. The summed E-state index contributed by atoms with van der Waals surface area (Å²) in [5.74, 6) is 1.40. The van der Waals surface area contributed by atoms with Crippen molar-refractivity contribution in [2.75, 3.05) is 11.9 Å². The third-order valence-corrected chi connectivity index (χ3v) is 7.05. The van der Waals surface area contributed by atoms with Crippen LogP contribution in [0.2, 0.25) is 5.02 Å². The monoisotopic (exact) mass is 548 g/mol. The Labute approximate surface area is 209 Å². The van der Waals surface area contributed by atoms with Crippen molar-refractivity contribution < 1.29 is 14.6 Å². The predicted molar refractivity (Wildman–Crippen MR) is 133 cm³/mol. The fourth-order valence-electron chi connectivity index (χ4n) is 3.73. The van der Waals surface area contributed by atoms with E-state index in [4.69, 9.17) is 21.4 Å². The van der Waals surface area contributed by atoms with Crippen molar-refractivity contribution in [3.63, 3.8) is 0 Å². The van der Waals surface area contributed by atoms with E-state index in [-0.39, 0.29) is 11.5 Å². The highest BCUT2D eigenvalue weighted by molar-refractivity contribution is 9.10. The number of carbonyl (C=O) groups excluding carboxylic acids is 1. The van der Waals surface area contributed by atoms with E-state index >= 15 is 0 Å². The number of phenols is 1. The Balaban J connectivity index is 1.75. The van der Waals surface area contributed by atoms with Crippen LogP contribution in [0.25, 0.3) is 0 Å². The first-order valence-electron chi connectivity index (χ1n) is 10.3. The first-order chi connectivity index (χ1) is 15.8. The zero-order valence-corrected chi connectivity index (χ0v) is 21.4. The SMILES string of the molecule is CCOc1cc(C2C(C(C)=O)=C(C)Nc3nc(SCc4ccccc4Cl)nn32)cc(Br)c1O. The van der Waals surface area contributed by atoms with Gasteiger partial charge in [0.15, 0.2) is 17.3 Å². The summed E-state index contributed by atoms with van der Waals surface area (Å²) in [6.07, 6.45) is 0. The second-order valence-corrected chi connectivity index (χ2v) is 9.65. The van der Waals surface area contributed by atoms with E-state index in [0.717, 1.165) is 11.1 Å². The minimum absolute atomic E-state index is 0.00871. The molecule has 1 aliphatic rings. The quantitative estimate of drug-likeness (QED) is 0.351. The van der Waals surface area contributed by atoms with Gasteiger partial charge in [0.25, 0.3) is 0 Å². The second kappa shape index (κ2) is 9.79. The maximum atomic E-state index is 12.6. The Morgan fingerprint density at radius 3 is 2.82 bits per heavy atom. The minimum Gasteiger partial charge on any atom is -0.503 e. The fraction of sp³-hybridized carbons (Fsp3) is 0.261. The summed E-state index contributed by atoms with van der Waals surface area (Å²) in [7, 11) is 0. The molecule has 10 heteroatoms. The summed E-state index contributed by atoms with van der Waals surface area (Å²) in [5.41, 5.74) is 3.00. The molecule has 0 fully saturated rings. The largest absolute Gasteiger partial charge is 0.503 e. The smallest absolute Gasteiger partial charge is 0.227 e. The van der Waals surface area contributed by atoms with Crippen molar-refractivity contribution in [1.82, 2.24) is 14.8 Å². The van der Waals surface area contributed by atoms with E-state index in [1.807, 2.05) is 38.1 Å². The Hall–Kier alpha value is -2.49. The standard InChI is InChI=1S/C23H22BrClN4O3S/c1-4-32-18-10-15(9-16(24)21(18)31)20-19(13(3)30)12(2)26-22-27-23(28-29(20)22)33-11-14-7-5-6-8-17(14)25/h5-10,20,31H,4,11H2,1-3H3,(H,26,27,28). The number of nitrogens with zero attached hydrogens (tertiary/aromatic N) is 3. The van der Waals surface area contributed by atoms with Crippen molar-refractivity contribution >= 4 is 51.0 Å². The maximum Gasteiger partial charge on any atom is 0.227 e. The van der Waals surface area contributed by atoms with Gasteiger partial charge in [-0.1, -0.05) is 41.6 Å². The van der Waals surface area contributed by atoms with Crippen LogP contribution in [0.3, 0.4) is 0 Å². The molecule has 2 heterocycles. The number of aromatic nitrogens is 3. The van der Waals surface area contributed by atoms with Gasteiger partial charge in [0.1, 0.15) is 6.04 Å². The molecular weight excluding hydrogens is 528 g/mol. The lowest BCUT2D eigenvalue weighted by Gasteiger charge is -2.28. The van der Waals surface area contributed by atoms with Crippen molar-refractivity contribution in [3.8, 4) is 11.5 Å². The molecule has 7 nitrogen and oxygen atoms in total. The molecule has 0 aliphatic carbocycles. The molecule has 0 bridgehead atoms. The van der Waals surface area contributed by atoms with E-state index < -0.39 is 6.04 Å². The molecule has 172 valence electrons. The third kappa shape index (κ3) is 4.76. The molecule has 33 heavy (non-hydrogen) atoms. The van der Waals surface area contributed by atoms with Crippen LogP contribution in [0, 0.1) is 0 Å².